The Labute approximate surface area is 89.9 Å². The Balaban J connectivity index is 1.86. The second kappa shape index (κ2) is 4.66. The van der Waals surface area contributed by atoms with Gasteiger partial charge in [-0.3, -0.25) is 9.13 Å². The van der Waals surface area contributed by atoms with Crippen molar-refractivity contribution in [2.75, 3.05) is 6.54 Å². The highest BCUT2D eigenvalue weighted by Crippen LogP contribution is 2.17. The third-order valence-electron chi connectivity index (χ3n) is 2.75. The first kappa shape index (κ1) is 10.5. The molecule has 1 aliphatic rings. The molecular formula is C11H19N3O. The van der Waals surface area contributed by atoms with E-state index >= 15 is 0 Å². The number of imidazole rings is 1. The Hall–Kier alpha value is -1.03. The van der Waals surface area contributed by atoms with Gasteiger partial charge in [0, 0.05) is 38.1 Å². The van der Waals surface area contributed by atoms with Crippen molar-refractivity contribution in [2.24, 2.45) is 0 Å². The summed E-state index contributed by atoms with van der Waals surface area (Å²) in [6.45, 7) is 4.59. The standard InChI is InChI=1S/C11H19N3O/c1-2-6-13-8-9-14(11(13)15)7-5-12-10-3-4-10/h8-10,12H,2-7H2,1H3. The summed E-state index contributed by atoms with van der Waals surface area (Å²) in [6, 6.07) is 0.721. The Morgan fingerprint density at radius 3 is 2.60 bits per heavy atom. The lowest BCUT2D eigenvalue weighted by Crippen LogP contribution is -2.29. The van der Waals surface area contributed by atoms with Crippen LogP contribution in [0.25, 0.3) is 0 Å². The summed E-state index contributed by atoms with van der Waals surface area (Å²) in [5, 5.41) is 3.40. The summed E-state index contributed by atoms with van der Waals surface area (Å²) in [7, 11) is 0. The summed E-state index contributed by atoms with van der Waals surface area (Å²) in [5.41, 5.74) is 0.120. The zero-order chi connectivity index (χ0) is 10.7. The van der Waals surface area contributed by atoms with Crippen LogP contribution < -0.4 is 11.0 Å². The Kier molecular flexibility index (Phi) is 3.26. The zero-order valence-corrected chi connectivity index (χ0v) is 9.28. The summed E-state index contributed by atoms with van der Waals surface area (Å²) >= 11 is 0. The maximum absolute atomic E-state index is 11.7. The number of rotatable bonds is 6. The highest BCUT2D eigenvalue weighted by Gasteiger charge is 2.19. The molecule has 0 saturated heterocycles. The van der Waals surface area contributed by atoms with E-state index in [4.69, 9.17) is 0 Å². The molecule has 1 aromatic heterocycles. The monoisotopic (exact) mass is 209 g/mol. The zero-order valence-electron chi connectivity index (χ0n) is 9.28. The number of hydrogen-bond donors (Lipinski definition) is 1. The van der Waals surface area contributed by atoms with Crippen LogP contribution in [0.5, 0.6) is 0 Å². The van der Waals surface area contributed by atoms with Gasteiger partial charge in [-0.2, -0.15) is 0 Å². The lowest BCUT2D eigenvalue weighted by Gasteiger charge is -2.02. The molecule has 0 radical (unpaired) electrons. The molecule has 0 atom stereocenters. The van der Waals surface area contributed by atoms with E-state index in [-0.39, 0.29) is 5.69 Å². The van der Waals surface area contributed by atoms with Gasteiger partial charge >= 0.3 is 5.69 Å². The Morgan fingerprint density at radius 2 is 2.00 bits per heavy atom. The van der Waals surface area contributed by atoms with Gasteiger partial charge in [0.1, 0.15) is 0 Å². The van der Waals surface area contributed by atoms with Crippen molar-refractivity contribution >= 4 is 0 Å². The molecule has 1 saturated carbocycles. The van der Waals surface area contributed by atoms with Crippen molar-refractivity contribution in [1.29, 1.82) is 0 Å². The van der Waals surface area contributed by atoms with Crippen molar-refractivity contribution in [2.45, 2.75) is 45.3 Å². The first-order valence-corrected chi connectivity index (χ1v) is 5.80. The van der Waals surface area contributed by atoms with E-state index in [2.05, 4.69) is 12.2 Å². The van der Waals surface area contributed by atoms with E-state index in [1.807, 2.05) is 12.4 Å². The molecular weight excluding hydrogens is 190 g/mol. The highest BCUT2D eigenvalue weighted by molar-refractivity contribution is 4.83. The van der Waals surface area contributed by atoms with Gasteiger partial charge in [0.05, 0.1) is 0 Å². The molecule has 0 amide bonds. The summed E-state index contributed by atoms with van der Waals surface area (Å²) in [4.78, 5) is 11.7. The van der Waals surface area contributed by atoms with Gasteiger partial charge < -0.3 is 5.32 Å². The number of aromatic nitrogens is 2. The third kappa shape index (κ3) is 2.72. The van der Waals surface area contributed by atoms with Gasteiger partial charge in [-0.05, 0) is 19.3 Å². The summed E-state index contributed by atoms with van der Waals surface area (Å²) < 4.78 is 3.56. The second-order valence-electron chi connectivity index (χ2n) is 4.20. The average Bonchev–Trinajstić information content (AvgIpc) is 2.98. The first-order valence-electron chi connectivity index (χ1n) is 5.80. The molecule has 0 aliphatic heterocycles. The van der Waals surface area contributed by atoms with Crippen molar-refractivity contribution in [3.63, 3.8) is 0 Å². The third-order valence-corrected chi connectivity index (χ3v) is 2.75. The van der Waals surface area contributed by atoms with Crippen LogP contribution >= 0.6 is 0 Å². The van der Waals surface area contributed by atoms with E-state index in [1.54, 1.807) is 9.13 Å². The molecule has 15 heavy (non-hydrogen) atoms. The van der Waals surface area contributed by atoms with E-state index in [9.17, 15) is 4.79 Å². The second-order valence-corrected chi connectivity index (χ2v) is 4.20. The van der Waals surface area contributed by atoms with E-state index in [0.29, 0.717) is 0 Å². The highest BCUT2D eigenvalue weighted by atomic mass is 16.1. The van der Waals surface area contributed by atoms with Gasteiger partial charge in [0.25, 0.3) is 0 Å². The lowest BCUT2D eigenvalue weighted by atomic mass is 10.5. The van der Waals surface area contributed by atoms with Gasteiger partial charge in [-0.1, -0.05) is 6.92 Å². The van der Waals surface area contributed by atoms with E-state index in [0.717, 1.165) is 32.1 Å². The quantitative estimate of drug-likeness (QED) is 0.753. The minimum absolute atomic E-state index is 0.120. The van der Waals surface area contributed by atoms with Crippen LogP contribution in [0.15, 0.2) is 17.2 Å². The SMILES string of the molecule is CCCn1ccn(CCNC2CC2)c1=O. The minimum atomic E-state index is 0.120. The maximum atomic E-state index is 11.7. The van der Waals surface area contributed by atoms with Crippen LogP contribution in [0.3, 0.4) is 0 Å². The predicted octanol–water partition coefficient (Wildman–Crippen LogP) is 0.812. The summed E-state index contributed by atoms with van der Waals surface area (Å²) in [5.74, 6) is 0. The first-order chi connectivity index (χ1) is 7.31. The smallest absolute Gasteiger partial charge is 0.312 e. The number of nitrogens with zero attached hydrogens (tertiary/aromatic N) is 2. The van der Waals surface area contributed by atoms with Gasteiger partial charge in [0.2, 0.25) is 0 Å². The van der Waals surface area contributed by atoms with Gasteiger partial charge in [0.15, 0.2) is 0 Å². The topological polar surface area (TPSA) is 39.0 Å². The number of aryl methyl sites for hydroxylation is 1. The summed E-state index contributed by atoms with van der Waals surface area (Å²) in [6.07, 6.45) is 7.36. The van der Waals surface area contributed by atoms with E-state index in [1.165, 1.54) is 12.8 Å². The van der Waals surface area contributed by atoms with Crippen molar-refractivity contribution in [3.05, 3.63) is 22.9 Å². The van der Waals surface area contributed by atoms with E-state index < -0.39 is 0 Å². The molecule has 0 bridgehead atoms. The van der Waals surface area contributed by atoms with Gasteiger partial charge in [-0.25, -0.2) is 4.79 Å². The molecule has 1 aliphatic carbocycles. The molecule has 4 heteroatoms. The van der Waals surface area contributed by atoms with Crippen LogP contribution in [0, 0.1) is 0 Å². The molecule has 84 valence electrons. The molecule has 0 unspecified atom stereocenters. The molecule has 0 spiro atoms. The normalized spacial score (nSPS) is 15.8. The molecule has 1 aromatic rings. The fraction of sp³-hybridized carbons (Fsp3) is 0.727. The molecule has 0 aromatic carbocycles. The molecule has 1 N–H and O–H groups in total. The Bertz CT molecular complexity index is 362. The van der Waals surface area contributed by atoms with Crippen molar-refractivity contribution < 1.29 is 0 Å². The maximum Gasteiger partial charge on any atom is 0.328 e. The lowest BCUT2D eigenvalue weighted by molar-refractivity contribution is 0.561. The van der Waals surface area contributed by atoms with Gasteiger partial charge in [-0.15, -0.1) is 0 Å². The molecule has 1 fully saturated rings. The minimum Gasteiger partial charge on any atom is -0.312 e. The largest absolute Gasteiger partial charge is 0.328 e. The Morgan fingerprint density at radius 1 is 1.33 bits per heavy atom. The molecule has 2 rings (SSSR count). The molecule has 4 nitrogen and oxygen atoms in total. The fourth-order valence-corrected chi connectivity index (χ4v) is 1.71. The number of hydrogen-bond acceptors (Lipinski definition) is 2. The fourth-order valence-electron chi connectivity index (χ4n) is 1.71. The molecule has 1 heterocycles. The average molecular weight is 209 g/mol. The predicted molar refractivity (Wildman–Crippen MR) is 60.0 cm³/mol. The van der Waals surface area contributed by atoms with Crippen molar-refractivity contribution in [3.8, 4) is 0 Å². The van der Waals surface area contributed by atoms with Crippen LogP contribution in [0.2, 0.25) is 0 Å². The van der Waals surface area contributed by atoms with Crippen molar-refractivity contribution in [1.82, 2.24) is 14.5 Å². The number of nitrogens with one attached hydrogen (secondary N) is 1. The van der Waals surface area contributed by atoms with Crippen LogP contribution in [-0.4, -0.2) is 21.7 Å². The van der Waals surface area contributed by atoms with Crippen LogP contribution in [0.4, 0.5) is 0 Å². The van der Waals surface area contributed by atoms with Crippen LogP contribution in [-0.2, 0) is 13.1 Å². The van der Waals surface area contributed by atoms with Crippen LogP contribution in [0.1, 0.15) is 26.2 Å².